The Hall–Kier alpha value is -0.120. The van der Waals surface area contributed by atoms with E-state index < -0.39 is 0 Å². The minimum atomic E-state index is 0.146. The maximum atomic E-state index is 6.02. The van der Waals surface area contributed by atoms with Crippen LogP contribution in [0.5, 0.6) is 0 Å². The van der Waals surface area contributed by atoms with E-state index in [1.54, 1.807) is 0 Å². The standard InChI is InChI=1S/C12H25NO2/c1-12(2,3)5-7-15-9-11(13)10-4-6-14-8-10/h10-11H,4-9,13H2,1-3H3. The van der Waals surface area contributed by atoms with E-state index in [4.69, 9.17) is 15.2 Å². The van der Waals surface area contributed by atoms with Crippen LogP contribution in [0.25, 0.3) is 0 Å². The van der Waals surface area contributed by atoms with Crippen molar-refractivity contribution >= 4 is 0 Å². The molecule has 15 heavy (non-hydrogen) atoms. The van der Waals surface area contributed by atoms with E-state index in [0.29, 0.717) is 17.9 Å². The zero-order chi connectivity index (χ0) is 11.3. The van der Waals surface area contributed by atoms with Gasteiger partial charge in [-0.25, -0.2) is 0 Å². The smallest absolute Gasteiger partial charge is 0.0621 e. The lowest BCUT2D eigenvalue weighted by Crippen LogP contribution is -2.35. The van der Waals surface area contributed by atoms with Crippen molar-refractivity contribution in [2.45, 2.75) is 39.7 Å². The van der Waals surface area contributed by atoms with Crippen LogP contribution in [0, 0.1) is 11.3 Å². The summed E-state index contributed by atoms with van der Waals surface area (Å²) in [6.45, 7) is 9.82. The third-order valence-corrected chi connectivity index (χ3v) is 2.88. The Morgan fingerprint density at radius 3 is 2.73 bits per heavy atom. The van der Waals surface area contributed by atoms with E-state index >= 15 is 0 Å². The highest BCUT2D eigenvalue weighted by Crippen LogP contribution is 2.19. The molecule has 0 bridgehead atoms. The molecule has 90 valence electrons. The molecule has 1 aliphatic heterocycles. The van der Waals surface area contributed by atoms with Crippen LogP contribution in [0.4, 0.5) is 0 Å². The van der Waals surface area contributed by atoms with E-state index in [9.17, 15) is 0 Å². The lowest BCUT2D eigenvalue weighted by atomic mass is 9.93. The van der Waals surface area contributed by atoms with Gasteiger partial charge in [0, 0.05) is 25.2 Å². The van der Waals surface area contributed by atoms with Gasteiger partial charge in [0.05, 0.1) is 13.2 Å². The first-order valence-electron chi connectivity index (χ1n) is 5.90. The van der Waals surface area contributed by atoms with E-state index in [1.165, 1.54) is 0 Å². The third-order valence-electron chi connectivity index (χ3n) is 2.88. The summed E-state index contributed by atoms with van der Waals surface area (Å²) in [4.78, 5) is 0. The molecule has 1 rings (SSSR count). The fourth-order valence-electron chi connectivity index (χ4n) is 1.62. The molecule has 2 unspecified atom stereocenters. The van der Waals surface area contributed by atoms with Gasteiger partial charge in [0.25, 0.3) is 0 Å². The predicted molar refractivity (Wildman–Crippen MR) is 61.8 cm³/mol. The molecule has 3 nitrogen and oxygen atoms in total. The Morgan fingerprint density at radius 2 is 2.20 bits per heavy atom. The van der Waals surface area contributed by atoms with Crippen LogP contribution in [-0.4, -0.2) is 32.5 Å². The van der Waals surface area contributed by atoms with E-state index in [0.717, 1.165) is 32.7 Å². The summed E-state index contributed by atoms with van der Waals surface area (Å²) in [6.07, 6.45) is 2.17. The highest BCUT2D eigenvalue weighted by molar-refractivity contribution is 4.75. The van der Waals surface area contributed by atoms with E-state index in [-0.39, 0.29) is 6.04 Å². The van der Waals surface area contributed by atoms with Crippen LogP contribution in [0.1, 0.15) is 33.6 Å². The summed E-state index contributed by atoms with van der Waals surface area (Å²) >= 11 is 0. The SMILES string of the molecule is CC(C)(C)CCOCC(N)C1CCOC1. The van der Waals surface area contributed by atoms with Gasteiger partial charge in [-0.3, -0.25) is 0 Å². The molecular formula is C12H25NO2. The molecule has 0 aromatic carbocycles. The van der Waals surface area contributed by atoms with Crippen molar-refractivity contribution in [2.75, 3.05) is 26.4 Å². The summed E-state index contributed by atoms with van der Waals surface area (Å²) in [6, 6.07) is 0.146. The molecule has 0 aliphatic carbocycles. The van der Waals surface area contributed by atoms with Crippen molar-refractivity contribution in [3.05, 3.63) is 0 Å². The number of ether oxygens (including phenoxy) is 2. The zero-order valence-electron chi connectivity index (χ0n) is 10.3. The van der Waals surface area contributed by atoms with Crippen LogP contribution >= 0.6 is 0 Å². The van der Waals surface area contributed by atoms with Crippen molar-refractivity contribution in [1.29, 1.82) is 0 Å². The van der Waals surface area contributed by atoms with Gasteiger partial charge in [0.15, 0.2) is 0 Å². The first-order chi connectivity index (χ1) is 6.99. The molecule has 0 aromatic heterocycles. The molecular weight excluding hydrogens is 190 g/mol. The number of nitrogens with two attached hydrogens (primary N) is 1. The minimum Gasteiger partial charge on any atom is -0.381 e. The van der Waals surface area contributed by atoms with Gasteiger partial charge in [-0.2, -0.15) is 0 Å². The van der Waals surface area contributed by atoms with Gasteiger partial charge >= 0.3 is 0 Å². The molecule has 0 saturated carbocycles. The molecule has 2 N–H and O–H groups in total. The van der Waals surface area contributed by atoms with Gasteiger partial charge in [-0.15, -0.1) is 0 Å². The summed E-state index contributed by atoms with van der Waals surface area (Å²) in [5, 5.41) is 0. The first kappa shape index (κ1) is 12.9. The highest BCUT2D eigenvalue weighted by atomic mass is 16.5. The van der Waals surface area contributed by atoms with Gasteiger partial charge in [0.2, 0.25) is 0 Å². The number of hydrogen-bond acceptors (Lipinski definition) is 3. The average Bonchev–Trinajstić information content (AvgIpc) is 2.63. The second-order valence-electron chi connectivity index (χ2n) is 5.67. The Kier molecular flexibility index (Phi) is 5.03. The van der Waals surface area contributed by atoms with Crippen LogP contribution < -0.4 is 5.73 Å². The molecule has 3 heteroatoms. The monoisotopic (exact) mass is 215 g/mol. The molecule has 2 atom stereocenters. The van der Waals surface area contributed by atoms with Crippen molar-refractivity contribution in [1.82, 2.24) is 0 Å². The Morgan fingerprint density at radius 1 is 1.47 bits per heavy atom. The van der Waals surface area contributed by atoms with Gasteiger partial charge in [-0.1, -0.05) is 20.8 Å². The predicted octanol–water partition coefficient (Wildman–Crippen LogP) is 1.80. The second-order valence-corrected chi connectivity index (χ2v) is 5.67. The molecule has 0 spiro atoms. The molecule has 1 heterocycles. The average molecular weight is 215 g/mol. The molecule has 0 aromatic rings. The lowest BCUT2D eigenvalue weighted by Gasteiger charge is -2.20. The molecule has 1 aliphatic rings. The fourth-order valence-corrected chi connectivity index (χ4v) is 1.62. The Labute approximate surface area is 93.3 Å². The van der Waals surface area contributed by atoms with Crippen LogP contribution in [0.15, 0.2) is 0 Å². The number of rotatable bonds is 5. The van der Waals surface area contributed by atoms with Gasteiger partial charge < -0.3 is 15.2 Å². The summed E-state index contributed by atoms with van der Waals surface area (Å²) in [7, 11) is 0. The van der Waals surface area contributed by atoms with Crippen LogP contribution in [-0.2, 0) is 9.47 Å². The fraction of sp³-hybridized carbons (Fsp3) is 1.00. The van der Waals surface area contributed by atoms with Crippen LogP contribution in [0.3, 0.4) is 0 Å². The lowest BCUT2D eigenvalue weighted by molar-refractivity contribution is 0.0816. The molecule has 0 amide bonds. The number of hydrogen-bond donors (Lipinski definition) is 1. The normalized spacial score (nSPS) is 24.4. The molecule has 1 saturated heterocycles. The largest absolute Gasteiger partial charge is 0.381 e. The van der Waals surface area contributed by atoms with E-state index in [1.807, 2.05) is 0 Å². The molecule has 1 fully saturated rings. The topological polar surface area (TPSA) is 44.5 Å². The maximum absolute atomic E-state index is 6.02. The minimum absolute atomic E-state index is 0.146. The summed E-state index contributed by atoms with van der Waals surface area (Å²) in [5.74, 6) is 0.500. The Balaban J connectivity index is 2.04. The van der Waals surface area contributed by atoms with Gasteiger partial charge in [0.1, 0.15) is 0 Å². The first-order valence-corrected chi connectivity index (χ1v) is 5.90. The van der Waals surface area contributed by atoms with Crippen molar-refractivity contribution in [2.24, 2.45) is 17.1 Å². The zero-order valence-corrected chi connectivity index (χ0v) is 10.3. The van der Waals surface area contributed by atoms with Crippen molar-refractivity contribution < 1.29 is 9.47 Å². The maximum Gasteiger partial charge on any atom is 0.0621 e. The summed E-state index contributed by atoms with van der Waals surface area (Å²) < 4.78 is 10.9. The van der Waals surface area contributed by atoms with Gasteiger partial charge in [-0.05, 0) is 18.3 Å². The second kappa shape index (κ2) is 5.83. The third kappa shape index (κ3) is 5.50. The molecule has 0 radical (unpaired) electrons. The van der Waals surface area contributed by atoms with Crippen molar-refractivity contribution in [3.8, 4) is 0 Å². The highest BCUT2D eigenvalue weighted by Gasteiger charge is 2.22. The quantitative estimate of drug-likeness (QED) is 0.711. The summed E-state index contributed by atoms with van der Waals surface area (Å²) in [5.41, 5.74) is 6.37. The van der Waals surface area contributed by atoms with Crippen molar-refractivity contribution in [3.63, 3.8) is 0 Å². The van der Waals surface area contributed by atoms with E-state index in [2.05, 4.69) is 20.8 Å². The Bertz CT molecular complexity index is 171. The van der Waals surface area contributed by atoms with Crippen LogP contribution in [0.2, 0.25) is 0 Å².